The molecule has 1 heteroatoms. The first-order valence-electron chi connectivity index (χ1n) is 4.02. The van der Waals surface area contributed by atoms with Crippen molar-refractivity contribution in [2.45, 2.75) is 19.8 Å². The molecule has 0 saturated heterocycles. The van der Waals surface area contributed by atoms with Gasteiger partial charge in [0, 0.05) is 5.75 Å². The zero-order chi connectivity index (χ0) is 8.10. The van der Waals surface area contributed by atoms with Gasteiger partial charge in [-0.1, -0.05) is 31.7 Å². The summed E-state index contributed by atoms with van der Waals surface area (Å²) >= 11 is 1.99. The summed E-state index contributed by atoms with van der Waals surface area (Å²) in [6.07, 6.45) is 8.46. The normalized spacial score (nSPS) is 18.3. The zero-order valence-corrected chi connectivity index (χ0v) is 7.79. The van der Waals surface area contributed by atoms with Crippen LogP contribution in [0.3, 0.4) is 0 Å². The Morgan fingerprint density at radius 3 is 3.09 bits per heavy atom. The van der Waals surface area contributed by atoms with Crippen LogP contribution in [-0.2, 0) is 0 Å². The van der Waals surface area contributed by atoms with Gasteiger partial charge in [-0.15, -0.1) is 11.8 Å². The van der Waals surface area contributed by atoms with Gasteiger partial charge >= 0.3 is 0 Å². The molecule has 0 unspecified atom stereocenters. The molecular formula is C10H14S. The molecule has 0 nitrogen and oxygen atoms in total. The minimum atomic E-state index is 1.18. The van der Waals surface area contributed by atoms with Crippen LogP contribution in [0.5, 0.6) is 0 Å². The molecule has 0 aromatic carbocycles. The second-order valence-electron chi connectivity index (χ2n) is 2.50. The Labute approximate surface area is 73.1 Å². The largest absolute Gasteiger partial charge is 0.130 e. The van der Waals surface area contributed by atoms with Gasteiger partial charge in [0.25, 0.3) is 0 Å². The highest BCUT2D eigenvalue weighted by Gasteiger charge is 2.09. The summed E-state index contributed by atoms with van der Waals surface area (Å²) in [6.45, 7) is 5.87. The SMILES string of the molecule is C=C/C=C\C1=C(CC)SCC1. The van der Waals surface area contributed by atoms with Crippen molar-refractivity contribution >= 4 is 11.8 Å². The third kappa shape index (κ3) is 2.26. The van der Waals surface area contributed by atoms with Crippen molar-refractivity contribution in [2.75, 3.05) is 5.75 Å². The van der Waals surface area contributed by atoms with Crippen molar-refractivity contribution in [1.29, 1.82) is 0 Å². The molecule has 0 aromatic heterocycles. The third-order valence-electron chi connectivity index (χ3n) is 1.76. The van der Waals surface area contributed by atoms with Gasteiger partial charge < -0.3 is 0 Å². The summed E-state index contributed by atoms with van der Waals surface area (Å²) in [5.74, 6) is 1.26. The van der Waals surface area contributed by atoms with Crippen LogP contribution in [0.1, 0.15) is 19.8 Å². The molecule has 60 valence electrons. The topological polar surface area (TPSA) is 0 Å². The van der Waals surface area contributed by atoms with E-state index in [1.807, 2.05) is 23.9 Å². The van der Waals surface area contributed by atoms with Gasteiger partial charge in [0.05, 0.1) is 0 Å². The van der Waals surface area contributed by atoms with Crippen molar-refractivity contribution in [1.82, 2.24) is 0 Å². The molecular weight excluding hydrogens is 152 g/mol. The predicted octanol–water partition coefficient (Wildman–Crippen LogP) is 3.53. The van der Waals surface area contributed by atoms with E-state index in [9.17, 15) is 0 Å². The number of hydrogen-bond donors (Lipinski definition) is 0. The smallest absolute Gasteiger partial charge is 0.00177 e. The summed E-state index contributed by atoms with van der Waals surface area (Å²) in [7, 11) is 0. The van der Waals surface area contributed by atoms with Crippen LogP contribution in [-0.4, -0.2) is 5.75 Å². The molecule has 0 aromatic rings. The lowest BCUT2D eigenvalue weighted by Crippen LogP contribution is -1.75. The molecule has 0 amide bonds. The van der Waals surface area contributed by atoms with Crippen LogP contribution >= 0.6 is 11.8 Å². The van der Waals surface area contributed by atoms with E-state index in [1.54, 1.807) is 4.91 Å². The highest BCUT2D eigenvalue weighted by molar-refractivity contribution is 8.03. The van der Waals surface area contributed by atoms with E-state index in [2.05, 4.69) is 19.6 Å². The Morgan fingerprint density at radius 1 is 1.64 bits per heavy atom. The molecule has 0 aliphatic carbocycles. The molecule has 0 N–H and O–H groups in total. The Hall–Kier alpha value is -0.430. The Morgan fingerprint density at radius 2 is 2.45 bits per heavy atom. The maximum absolute atomic E-state index is 3.66. The van der Waals surface area contributed by atoms with Gasteiger partial charge in [-0.05, 0) is 23.3 Å². The molecule has 0 spiro atoms. The maximum Gasteiger partial charge on any atom is 0.00177 e. The Bertz CT molecular complexity index is 199. The van der Waals surface area contributed by atoms with Gasteiger partial charge in [-0.3, -0.25) is 0 Å². The van der Waals surface area contributed by atoms with Gasteiger partial charge in [0.15, 0.2) is 0 Å². The summed E-state index contributed by atoms with van der Waals surface area (Å²) in [5.41, 5.74) is 1.51. The average molecular weight is 166 g/mol. The first kappa shape index (κ1) is 8.66. The highest BCUT2D eigenvalue weighted by atomic mass is 32.2. The second kappa shape index (κ2) is 4.45. The number of rotatable bonds is 3. The minimum Gasteiger partial charge on any atom is -0.130 e. The fourth-order valence-corrected chi connectivity index (χ4v) is 2.33. The Balaban J connectivity index is 2.66. The lowest BCUT2D eigenvalue weighted by Gasteiger charge is -1.95. The number of allylic oxidation sites excluding steroid dienone is 5. The molecule has 0 bridgehead atoms. The monoisotopic (exact) mass is 166 g/mol. The van der Waals surface area contributed by atoms with Crippen molar-refractivity contribution in [3.63, 3.8) is 0 Å². The lowest BCUT2D eigenvalue weighted by atomic mass is 10.1. The van der Waals surface area contributed by atoms with Crippen molar-refractivity contribution in [3.8, 4) is 0 Å². The fraction of sp³-hybridized carbons (Fsp3) is 0.400. The zero-order valence-electron chi connectivity index (χ0n) is 6.97. The maximum atomic E-state index is 3.66. The predicted molar refractivity (Wildman–Crippen MR) is 53.7 cm³/mol. The van der Waals surface area contributed by atoms with E-state index in [1.165, 1.54) is 24.2 Å². The van der Waals surface area contributed by atoms with Crippen molar-refractivity contribution in [3.05, 3.63) is 35.3 Å². The van der Waals surface area contributed by atoms with E-state index in [0.29, 0.717) is 0 Å². The van der Waals surface area contributed by atoms with E-state index >= 15 is 0 Å². The van der Waals surface area contributed by atoms with Gasteiger partial charge in [-0.25, -0.2) is 0 Å². The lowest BCUT2D eigenvalue weighted by molar-refractivity contribution is 1.13. The quantitative estimate of drug-likeness (QED) is 0.578. The Kier molecular flexibility index (Phi) is 3.50. The van der Waals surface area contributed by atoms with Crippen LogP contribution in [0.25, 0.3) is 0 Å². The number of thioether (sulfide) groups is 1. The molecule has 0 radical (unpaired) electrons. The second-order valence-corrected chi connectivity index (χ2v) is 3.68. The van der Waals surface area contributed by atoms with Crippen LogP contribution < -0.4 is 0 Å². The van der Waals surface area contributed by atoms with E-state index in [4.69, 9.17) is 0 Å². The highest BCUT2D eigenvalue weighted by Crippen LogP contribution is 2.33. The molecule has 1 heterocycles. The third-order valence-corrected chi connectivity index (χ3v) is 3.07. The first-order chi connectivity index (χ1) is 5.38. The standard InChI is InChI=1S/C10H14S/c1-3-5-6-9-7-8-11-10(9)4-2/h3,5-6H,1,4,7-8H2,2H3/b6-5-. The fourth-order valence-electron chi connectivity index (χ4n) is 1.21. The minimum absolute atomic E-state index is 1.18. The summed E-state index contributed by atoms with van der Waals surface area (Å²) < 4.78 is 0. The van der Waals surface area contributed by atoms with Crippen molar-refractivity contribution < 1.29 is 0 Å². The van der Waals surface area contributed by atoms with Gasteiger partial charge in [-0.2, -0.15) is 0 Å². The molecule has 0 atom stereocenters. The molecule has 1 aliphatic rings. The molecule has 11 heavy (non-hydrogen) atoms. The van der Waals surface area contributed by atoms with E-state index in [-0.39, 0.29) is 0 Å². The average Bonchev–Trinajstić information content (AvgIpc) is 2.47. The van der Waals surface area contributed by atoms with Crippen LogP contribution in [0.2, 0.25) is 0 Å². The van der Waals surface area contributed by atoms with Gasteiger partial charge in [0.2, 0.25) is 0 Å². The van der Waals surface area contributed by atoms with Crippen LogP contribution in [0.4, 0.5) is 0 Å². The molecule has 0 saturated carbocycles. The number of hydrogen-bond acceptors (Lipinski definition) is 1. The summed E-state index contributed by atoms with van der Waals surface area (Å²) in [4.78, 5) is 1.56. The van der Waals surface area contributed by atoms with Crippen molar-refractivity contribution in [2.24, 2.45) is 0 Å². The molecule has 1 aliphatic heterocycles. The van der Waals surface area contributed by atoms with E-state index in [0.717, 1.165) is 0 Å². The summed E-state index contributed by atoms with van der Waals surface area (Å²) in [5, 5.41) is 0. The van der Waals surface area contributed by atoms with Crippen LogP contribution in [0.15, 0.2) is 35.3 Å². The van der Waals surface area contributed by atoms with Gasteiger partial charge in [0.1, 0.15) is 0 Å². The van der Waals surface area contributed by atoms with Crippen LogP contribution in [0, 0.1) is 0 Å². The summed E-state index contributed by atoms with van der Waals surface area (Å²) in [6, 6.07) is 0. The molecule has 0 fully saturated rings. The first-order valence-corrected chi connectivity index (χ1v) is 5.01. The van der Waals surface area contributed by atoms with E-state index < -0.39 is 0 Å². The molecule has 1 rings (SSSR count).